The van der Waals surface area contributed by atoms with Crippen molar-refractivity contribution in [1.29, 1.82) is 0 Å². The zero-order valence-corrected chi connectivity index (χ0v) is 14.9. The van der Waals surface area contributed by atoms with Gasteiger partial charge in [0.25, 0.3) is 0 Å². The molecule has 0 bridgehead atoms. The molecule has 0 N–H and O–H groups in total. The minimum absolute atomic E-state index is 0.00329. The molecule has 0 saturated carbocycles. The van der Waals surface area contributed by atoms with Crippen LogP contribution in [0.25, 0.3) is 10.2 Å². The van der Waals surface area contributed by atoms with Crippen LogP contribution in [0, 0.1) is 6.92 Å². The first kappa shape index (κ1) is 16.2. The van der Waals surface area contributed by atoms with Crippen molar-refractivity contribution < 1.29 is 13.2 Å². The molecule has 0 fully saturated rings. The van der Waals surface area contributed by atoms with Crippen LogP contribution < -0.4 is 0 Å². The molecule has 3 rings (SSSR count). The van der Waals surface area contributed by atoms with Gasteiger partial charge in [0.2, 0.25) is 15.8 Å². The number of aromatic nitrogens is 1. The van der Waals surface area contributed by atoms with Gasteiger partial charge in [-0.2, -0.15) is 0 Å². The van der Waals surface area contributed by atoms with Crippen LogP contribution in [-0.4, -0.2) is 23.9 Å². The van der Waals surface area contributed by atoms with Gasteiger partial charge in [-0.15, -0.1) is 11.3 Å². The Hall–Kier alpha value is -1.63. The van der Waals surface area contributed by atoms with Crippen LogP contribution in [0.4, 0.5) is 0 Å². The summed E-state index contributed by atoms with van der Waals surface area (Å²) in [6, 6.07) is 10.3. The maximum atomic E-state index is 12.6. The Balaban J connectivity index is 2.16. The molecule has 0 unspecified atom stereocenters. The van der Waals surface area contributed by atoms with Crippen LogP contribution in [-0.2, 0) is 10.0 Å². The van der Waals surface area contributed by atoms with Crippen molar-refractivity contribution in [2.75, 3.05) is 5.75 Å². The molecule has 0 amide bonds. The molecule has 0 radical (unpaired) electrons. The summed E-state index contributed by atoms with van der Waals surface area (Å²) < 4.78 is 25.8. The maximum Gasteiger partial charge on any atom is 0.239 e. The molecule has 1 aromatic carbocycles. The first-order chi connectivity index (χ1) is 10.8. The number of aryl methyl sites for hydroxylation is 1. The van der Waals surface area contributed by atoms with E-state index in [-0.39, 0.29) is 11.5 Å². The highest BCUT2D eigenvalue weighted by Crippen LogP contribution is 2.32. The normalized spacial score (nSPS) is 12.0. The number of rotatable bonds is 4. The molecule has 120 valence electrons. The Morgan fingerprint density at radius 2 is 1.96 bits per heavy atom. The lowest BCUT2D eigenvalue weighted by molar-refractivity contribution is 0.104. The molecule has 4 nitrogen and oxygen atoms in total. The fraction of sp³-hybridized carbons (Fsp3) is 0.188. The molecular weight excluding hydrogens is 354 g/mol. The highest BCUT2D eigenvalue weighted by Gasteiger charge is 2.22. The summed E-state index contributed by atoms with van der Waals surface area (Å²) >= 11 is 7.25. The molecule has 0 aliphatic carbocycles. The maximum absolute atomic E-state index is 12.6. The van der Waals surface area contributed by atoms with Crippen LogP contribution in [0.15, 0.2) is 36.4 Å². The third-order valence-electron chi connectivity index (χ3n) is 3.59. The minimum Gasteiger partial charge on any atom is -0.288 e. The van der Waals surface area contributed by atoms with E-state index in [1.807, 2.05) is 0 Å². The second kappa shape index (κ2) is 5.78. The number of halogens is 1. The summed E-state index contributed by atoms with van der Waals surface area (Å²) in [6.07, 6.45) is 0. The van der Waals surface area contributed by atoms with Crippen LogP contribution in [0.5, 0.6) is 0 Å². The monoisotopic (exact) mass is 367 g/mol. The number of thiophene rings is 1. The van der Waals surface area contributed by atoms with Gasteiger partial charge in [-0.25, -0.2) is 12.4 Å². The lowest BCUT2D eigenvalue weighted by atomic mass is 10.1. The van der Waals surface area contributed by atoms with Crippen molar-refractivity contribution >= 4 is 49.0 Å². The van der Waals surface area contributed by atoms with Crippen molar-refractivity contribution in [3.8, 4) is 0 Å². The Kier molecular flexibility index (Phi) is 4.08. The predicted molar refractivity (Wildman–Crippen MR) is 94.3 cm³/mol. The quantitative estimate of drug-likeness (QED) is 0.652. The lowest BCUT2D eigenvalue weighted by Crippen LogP contribution is -2.15. The molecule has 0 aliphatic heterocycles. The fourth-order valence-corrected chi connectivity index (χ4v) is 5.31. The predicted octanol–water partition coefficient (Wildman–Crippen LogP) is 4.09. The van der Waals surface area contributed by atoms with Gasteiger partial charge in [0.05, 0.1) is 15.7 Å². The number of nitrogens with zero attached hydrogens (tertiary/aromatic N) is 1. The van der Waals surface area contributed by atoms with Gasteiger partial charge in [-0.1, -0.05) is 23.7 Å². The molecular formula is C16H14ClNO3S2. The van der Waals surface area contributed by atoms with Crippen molar-refractivity contribution in [1.82, 2.24) is 3.97 Å². The Labute approximate surface area is 143 Å². The zero-order chi connectivity index (χ0) is 16.8. The van der Waals surface area contributed by atoms with E-state index in [0.717, 1.165) is 5.39 Å². The van der Waals surface area contributed by atoms with Crippen molar-refractivity contribution in [3.05, 3.63) is 57.6 Å². The molecule has 7 heteroatoms. The van der Waals surface area contributed by atoms with Gasteiger partial charge in [-0.3, -0.25) is 4.79 Å². The summed E-state index contributed by atoms with van der Waals surface area (Å²) in [5.74, 6) is -0.196. The summed E-state index contributed by atoms with van der Waals surface area (Å²) in [5.41, 5.74) is 1.06. The average molecular weight is 368 g/mol. The molecule has 0 saturated heterocycles. The Morgan fingerprint density at radius 3 is 2.61 bits per heavy atom. The van der Waals surface area contributed by atoms with Crippen molar-refractivity contribution in [2.24, 2.45) is 0 Å². The van der Waals surface area contributed by atoms with E-state index >= 15 is 0 Å². The second-order valence-corrected chi connectivity index (χ2v) is 8.67. The molecule has 2 heterocycles. The van der Waals surface area contributed by atoms with E-state index in [0.29, 0.717) is 26.0 Å². The molecule has 0 spiro atoms. The molecule has 0 aliphatic rings. The topological polar surface area (TPSA) is 56.1 Å². The first-order valence-corrected chi connectivity index (χ1v) is 9.80. The average Bonchev–Trinajstić information content (AvgIpc) is 3.03. The number of carbonyl (C=O) groups excluding carboxylic acids is 1. The smallest absolute Gasteiger partial charge is 0.239 e. The van der Waals surface area contributed by atoms with Gasteiger partial charge < -0.3 is 0 Å². The molecule has 2 aromatic heterocycles. The number of benzene rings is 1. The number of hydrogen-bond acceptors (Lipinski definition) is 4. The van der Waals surface area contributed by atoms with Crippen LogP contribution >= 0.6 is 22.9 Å². The van der Waals surface area contributed by atoms with E-state index in [1.54, 1.807) is 50.2 Å². The van der Waals surface area contributed by atoms with E-state index < -0.39 is 10.0 Å². The van der Waals surface area contributed by atoms with Crippen molar-refractivity contribution in [3.63, 3.8) is 0 Å². The SMILES string of the molecule is CCS(=O)(=O)n1c(C)cc2cc(C(=O)c3ccccc3Cl)sc21. The van der Waals surface area contributed by atoms with E-state index in [2.05, 4.69) is 0 Å². The van der Waals surface area contributed by atoms with Crippen LogP contribution in [0.2, 0.25) is 5.02 Å². The number of ketones is 1. The highest BCUT2D eigenvalue weighted by molar-refractivity contribution is 7.90. The summed E-state index contributed by atoms with van der Waals surface area (Å²) in [4.78, 5) is 13.7. The largest absolute Gasteiger partial charge is 0.288 e. The van der Waals surface area contributed by atoms with Crippen LogP contribution in [0.1, 0.15) is 27.9 Å². The molecule has 3 aromatic rings. The van der Waals surface area contributed by atoms with Gasteiger partial charge in [-0.05, 0) is 38.1 Å². The van der Waals surface area contributed by atoms with E-state index in [4.69, 9.17) is 11.6 Å². The summed E-state index contributed by atoms with van der Waals surface area (Å²) in [6.45, 7) is 3.35. The number of hydrogen-bond donors (Lipinski definition) is 0. The molecule has 23 heavy (non-hydrogen) atoms. The van der Waals surface area contributed by atoms with Gasteiger partial charge in [0, 0.05) is 16.6 Å². The highest BCUT2D eigenvalue weighted by atomic mass is 35.5. The van der Waals surface area contributed by atoms with E-state index in [1.165, 1.54) is 15.3 Å². The minimum atomic E-state index is -3.41. The lowest BCUT2D eigenvalue weighted by Gasteiger charge is -2.06. The summed E-state index contributed by atoms with van der Waals surface area (Å²) in [7, 11) is -3.41. The number of carbonyl (C=O) groups is 1. The molecule has 0 atom stereocenters. The van der Waals surface area contributed by atoms with Gasteiger partial charge >= 0.3 is 0 Å². The second-order valence-electron chi connectivity index (χ2n) is 5.13. The fourth-order valence-electron chi connectivity index (χ4n) is 2.47. The van der Waals surface area contributed by atoms with Gasteiger partial charge in [0.15, 0.2) is 0 Å². The standard InChI is InChI=1S/C16H14ClNO3S2/c1-3-23(20,21)18-10(2)8-11-9-14(22-16(11)18)15(19)12-6-4-5-7-13(12)17/h4-9H,3H2,1-2H3. The zero-order valence-electron chi connectivity index (χ0n) is 12.5. The van der Waals surface area contributed by atoms with Crippen molar-refractivity contribution in [2.45, 2.75) is 13.8 Å². The first-order valence-electron chi connectivity index (χ1n) is 6.99. The van der Waals surface area contributed by atoms with Gasteiger partial charge in [0.1, 0.15) is 4.83 Å². The van der Waals surface area contributed by atoms with Crippen LogP contribution in [0.3, 0.4) is 0 Å². The Morgan fingerprint density at radius 1 is 1.26 bits per heavy atom. The number of fused-ring (bicyclic) bond motifs is 1. The third-order valence-corrected chi connectivity index (χ3v) is 6.93. The third kappa shape index (κ3) is 2.71. The Bertz CT molecular complexity index is 1020. The summed E-state index contributed by atoms with van der Waals surface area (Å²) in [5, 5.41) is 1.13. The van der Waals surface area contributed by atoms with E-state index in [9.17, 15) is 13.2 Å².